The zero-order valence-electron chi connectivity index (χ0n) is 9.63. The predicted molar refractivity (Wildman–Crippen MR) is 60.9 cm³/mol. The van der Waals surface area contributed by atoms with Crippen LogP contribution < -0.4 is 4.74 Å². The molecule has 0 saturated carbocycles. The molecule has 0 unspecified atom stereocenters. The van der Waals surface area contributed by atoms with Gasteiger partial charge in [-0.25, -0.2) is 0 Å². The summed E-state index contributed by atoms with van der Waals surface area (Å²) in [5.74, 6) is 1.73. The molecule has 0 aliphatic rings. The van der Waals surface area contributed by atoms with Gasteiger partial charge in [-0.2, -0.15) is 0 Å². The monoisotopic (exact) mass is 192 g/mol. The van der Waals surface area contributed by atoms with Crippen molar-refractivity contribution < 1.29 is 4.74 Å². The number of rotatable bonds is 4. The van der Waals surface area contributed by atoms with E-state index in [0.717, 1.165) is 18.8 Å². The van der Waals surface area contributed by atoms with Gasteiger partial charge >= 0.3 is 0 Å². The van der Waals surface area contributed by atoms with E-state index in [4.69, 9.17) is 4.74 Å². The van der Waals surface area contributed by atoms with E-state index >= 15 is 0 Å². The first kappa shape index (κ1) is 11.1. The fraction of sp³-hybridized carbons (Fsp3) is 0.538. The molecule has 0 N–H and O–H groups in total. The summed E-state index contributed by atoms with van der Waals surface area (Å²) in [6.45, 7) is 9.45. The van der Waals surface area contributed by atoms with Crippen molar-refractivity contribution in [1.29, 1.82) is 0 Å². The number of hydrogen-bond donors (Lipinski definition) is 0. The summed E-state index contributed by atoms with van der Waals surface area (Å²) >= 11 is 0. The third-order valence-electron chi connectivity index (χ3n) is 2.28. The maximum Gasteiger partial charge on any atom is 0.122 e. The summed E-state index contributed by atoms with van der Waals surface area (Å²) in [7, 11) is 0. The second-order valence-electron chi connectivity index (χ2n) is 4.30. The van der Waals surface area contributed by atoms with E-state index in [-0.39, 0.29) is 0 Å². The summed E-state index contributed by atoms with van der Waals surface area (Å²) in [6.07, 6.45) is 1.12. The van der Waals surface area contributed by atoms with Gasteiger partial charge in [-0.15, -0.1) is 0 Å². The number of aryl methyl sites for hydroxylation is 2. The van der Waals surface area contributed by atoms with Gasteiger partial charge in [0, 0.05) is 0 Å². The first-order valence-electron chi connectivity index (χ1n) is 5.29. The van der Waals surface area contributed by atoms with Crippen molar-refractivity contribution in [2.75, 3.05) is 6.61 Å². The van der Waals surface area contributed by atoms with E-state index < -0.39 is 0 Å². The van der Waals surface area contributed by atoms with Gasteiger partial charge in [0.25, 0.3) is 0 Å². The molecule has 1 rings (SSSR count). The van der Waals surface area contributed by atoms with Crippen molar-refractivity contribution >= 4 is 0 Å². The van der Waals surface area contributed by atoms with Crippen LogP contribution in [0.2, 0.25) is 0 Å². The van der Waals surface area contributed by atoms with Crippen LogP contribution in [0, 0.1) is 19.8 Å². The van der Waals surface area contributed by atoms with E-state index in [1.165, 1.54) is 11.1 Å². The summed E-state index contributed by atoms with van der Waals surface area (Å²) in [6, 6.07) is 6.31. The van der Waals surface area contributed by atoms with Crippen LogP contribution in [-0.4, -0.2) is 6.61 Å². The molecular weight excluding hydrogens is 172 g/mol. The lowest BCUT2D eigenvalue weighted by molar-refractivity contribution is 0.288. The van der Waals surface area contributed by atoms with Gasteiger partial charge in [0.1, 0.15) is 5.75 Å². The third-order valence-corrected chi connectivity index (χ3v) is 2.28. The van der Waals surface area contributed by atoms with Crippen LogP contribution in [0.4, 0.5) is 0 Å². The van der Waals surface area contributed by atoms with Gasteiger partial charge in [0.2, 0.25) is 0 Å². The lowest BCUT2D eigenvalue weighted by Gasteiger charge is -2.10. The molecule has 0 radical (unpaired) electrons. The highest BCUT2D eigenvalue weighted by atomic mass is 16.5. The van der Waals surface area contributed by atoms with E-state index in [2.05, 4.69) is 45.9 Å². The molecule has 0 fully saturated rings. The summed E-state index contributed by atoms with van der Waals surface area (Å²) in [5, 5.41) is 0. The smallest absolute Gasteiger partial charge is 0.122 e. The Hall–Kier alpha value is -0.980. The normalized spacial score (nSPS) is 10.6. The van der Waals surface area contributed by atoms with Gasteiger partial charge in [-0.1, -0.05) is 31.5 Å². The highest BCUT2D eigenvalue weighted by Gasteiger charge is 2.00. The molecule has 0 amide bonds. The molecule has 0 aliphatic carbocycles. The average Bonchev–Trinajstić information content (AvgIpc) is 2.08. The van der Waals surface area contributed by atoms with Crippen LogP contribution in [-0.2, 0) is 0 Å². The van der Waals surface area contributed by atoms with Crippen molar-refractivity contribution in [2.24, 2.45) is 5.92 Å². The SMILES string of the molecule is Cc1ccc(OCCC(C)C)c(C)c1. The second-order valence-corrected chi connectivity index (χ2v) is 4.30. The lowest BCUT2D eigenvalue weighted by Crippen LogP contribution is -2.02. The molecule has 1 aromatic carbocycles. The molecule has 14 heavy (non-hydrogen) atoms. The maximum absolute atomic E-state index is 5.70. The van der Waals surface area contributed by atoms with Crippen molar-refractivity contribution in [3.05, 3.63) is 29.3 Å². The fourth-order valence-corrected chi connectivity index (χ4v) is 1.37. The minimum Gasteiger partial charge on any atom is -0.493 e. The first-order valence-corrected chi connectivity index (χ1v) is 5.29. The molecule has 0 heterocycles. The van der Waals surface area contributed by atoms with Crippen LogP contribution in [0.5, 0.6) is 5.75 Å². The van der Waals surface area contributed by atoms with Crippen LogP contribution in [0.15, 0.2) is 18.2 Å². The summed E-state index contributed by atoms with van der Waals surface area (Å²) in [4.78, 5) is 0. The molecule has 0 aliphatic heterocycles. The Bertz CT molecular complexity index is 289. The Morgan fingerprint density at radius 1 is 1.21 bits per heavy atom. The van der Waals surface area contributed by atoms with Gasteiger partial charge in [-0.05, 0) is 37.8 Å². The molecule has 0 aromatic heterocycles. The van der Waals surface area contributed by atoms with E-state index in [1.54, 1.807) is 0 Å². The highest BCUT2D eigenvalue weighted by molar-refractivity contribution is 5.35. The highest BCUT2D eigenvalue weighted by Crippen LogP contribution is 2.19. The quantitative estimate of drug-likeness (QED) is 0.706. The van der Waals surface area contributed by atoms with Gasteiger partial charge < -0.3 is 4.74 Å². The Morgan fingerprint density at radius 2 is 1.93 bits per heavy atom. The van der Waals surface area contributed by atoms with Crippen molar-refractivity contribution in [3.8, 4) is 5.75 Å². The standard InChI is InChI=1S/C13H20O/c1-10(2)7-8-14-13-6-5-11(3)9-12(13)4/h5-6,9-10H,7-8H2,1-4H3. The van der Waals surface area contributed by atoms with Crippen molar-refractivity contribution in [3.63, 3.8) is 0 Å². The summed E-state index contributed by atoms with van der Waals surface area (Å²) in [5.41, 5.74) is 2.52. The molecule has 1 heteroatoms. The third kappa shape index (κ3) is 3.41. The van der Waals surface area contributed by atoms with E-state index in [9.17, 15) is 0 Å². The Balaban J connectivity index is 2.51. The molecular formula is C13H20O. The minimum absolute atomic E-state index is 0.709. The Kier molecular flexibility index (Phi) is 3.99. The van der Waals surface area contributed by atoms with Crippen molar-refractivity contribution in [1.82, 2.24) is 0 Å². The number of hydrogen-bond acceptors (Lipinski definition) is 1. The van der Waals surface area contributed by atoms with E-state index in [1.807, 2.05) is 0 Å². The van der Waals surface area contributed by atoms with Crippen LogP contribution in [0.1, 0.15) is 31.4 Å². The number of ether oxygens (including phenoxy) is 1. The molecule has 78 valence electrons. The van der Waals surface area contributed by atoms with Crippen LogP contribution in [0.25, 0.3) is 0 Å². The largest absolute Gasteiger partial charge is 0.493 e. The fourth-order valence-electron chi connectivity index (χ4n) is 1.37. The Labute approximate surface area is 87.1 Å². The second kappa shape index (κ2) is 5.04. The molecule has 1 aromatic rings. The Morgan fingerprint density at radius 3 is 2.50 bits per heavy atom. The van der Waals surface area contributed by atoms with Gasteiger partial charge in [-0.3, -0.25) is 0 Å². The zero-order valence-corrected chi connectivity index (χ0v) is 9.63. The number of benzene rings is 1. The predicted octanol–water partition coefficient (Wildman–Crippen LogP) is 3.73. The topological polar surface area (TPSA) is 9.23 Å². The van der Waals surface area contributed by atoms with E-state index in [0.29, 0.717) is 5.92 Å². The maximum atomic E-state index is 5.70. The molecule has 0 saturated heterocycles. The average molecular weight is 192 g/mol. The van der Waals surface area contributed by atoms with Gasteiger partial charge in [0.15, 0.2) is 0 Å². The molecule has 0 atom stereocenters. The lowest BCUT2D eigenvalue weighted by atomic mass is 10.1. The summed E-state index contributed by atoms with van der Waals surface area (Å²) < 4.78 is 5.70. The molecule has 0 spiro atoms. The van der Waals surface area contributed by atoms with Crippen LogP contribution >= 0.6 is 0 Å². The minimum atomic E-state index is 0.709. The zero-order chi connectivity index (χ0) is 10.6. The molecule has 1 nitrogen and oxygen atoms in total. The first-order chi connectivity index (χ1) is 6.59. The van der Waals surface area contributed by atoms with Crippen molar-refractivity contribution in [2.45, 2.75) is 34.1 Å². The van der Waals surface area contributed by atoms with Gasteiger partial charge in [0.05, 0.1) is 6.61 Å². The van der Waals surface area contributed by atoms with Crippen LogP contribution in [0.3, 0.4) is 0 Å². The molecule has 0 bridgehead atoms.